The SMILES string of the molecule is CC(C)n1nnc2cc(-c3noc(-c4cnccn4)n3)ccc21. The largest absolute Gasteiger partial charge is 0.332 e. The summed E-state index contributed by atoms with van der Waals surface area (Å²) in [7, 11) is 0. The molecule has 3 aromatic heterocycles. The summed E-state index contributed by atoms with van der Waals surface area (Å²) in [5.41, 5.74) is 3.12. The summed E-state index contributed by atoms with van der Waals surface area (Å²) in [6.45, 7) is 4.13. The van der Waals surface area contributed by atoms with Gasteiger partial charge in [0.15, 0.2) is 0 Å². The molecule has 3 heterocycles. The number of benzene rings is 1. The monoisotopic (exact) mass is 307 g/mol. The fourth-order valence-corrected chi connectivity index (χ4v) is 2.32. The average molecular weight is 307 g/mol. The van der Waals surface area contributed by atoms with Gasteiger partial charge in [0.2, 0.25) is 5.82 Å². The fraction of sp³-hybridized carbons (Fsp3) is 0.200. The molecule has 0 fully saturated rings. The molecule has 4 aromatic rings. The number of fused-ring (bicyclic) bond motifs is 1. The molecule has 0 unspecified atom stereocenters. The van der Waals surface area contributed by atoms with E-state index in [-0.39, 0.29) is 6.04 Å². The first-order chi connectivity index (χ1) is 11.2. The van der Waals surface area contributed by atoms with Crippen LogP contribution in [0.5, 0.6) is 0 Å². The fourth-order valence-electron chi connectivity index (χ4n) is 2.32. The maximum atomic E-state index is 5.26. The van der Waals surface area contributed by atoms with E-state index in [2.05, 4.69) is 44.3 Å². The summed E-state index contributed by atoms with van der Waals surface area (Å²) in [5.74, 6) is 0.811. The van der Waals surface area contributed by atoms with Crippen molar-refractivity contribution in [1.29, 1.82) is 0 Å². The van der Waals surface area contributed by atoms with E-state index in [0.717, 1.165) is 16.6 Å². The Kier molecular flexibility index (Phi) is 3.07. The van der Waals surface area contributed by atoms with Gasteiger partial charge in [-0.1, -0.05) is 10.4 Å². The molecular weight excluding hydrogens is 294 g/mol. The highest BCUT2D eigenvalue weighted by atomic mass is 16.5. The van der Waals surface area contributed by atoms with E-state index in [9.17, 15) is 0 Å². The first-order valence-corrected chi connectivity index (χ1v) is 7.18. The summed E-state index contributed by atoms with van der Waals surface area (Å²) < 4.78 is 7.13. The van der Waals surface area contributed by atoms with Gasteiger partial charge < -0.3 is 4.52 Å². The van der Waals surface area contributed by atoms with Gasteiger partial charge >= 0.3 is 0 Å². The Morgan fingerprint density at radius 1 is 1.17 bits per heavy atom. The molecule has 8 nitrogen and oxygen atoms in total. The van der Waals surface area contributed by atoms with Crippen molar-refractivity contribution in [3.8, 4) is 23.0 Å². The second-order valence-electron chi connectivity index (χ2n) is 5.35. The van der Waals surface area contributed by atoms with Crippen molar-refractivity contribution in [3.05, 3.63) is 36.8 Å². The van der Waals surface area contributed by atoms with Gasteiger partial charge in [-0.25, -0.2) is 9.67 Å². The van der Waals surface area contributed by atoms with E-state index in [1.54, 1.807) is 18.6 Å². The van der Waals surface area contributed by atoms with Crippen LogP contribution in [0.15, 0.2) is 41.3 Å². The van der Waals surface area contributed by atoms with Crippen LogP contribution in [0.25, 0.3) is 34.0 Å². The Morgan fingerprint density at radius 3 is 2.87 bits per heavy atom. The van der Waals surface area contributed by atoms with Crippen LogP contribution >= 0.6 is 0 Å². The Labute approximate surface area is 131 Å². The first kappa shape index (κ1) is 13.5. The standard InChI is InChI=1S/C15H13N7O/c1-9(2)22-13-4-3-10(7-11(13)19-21-22)14-18-15(23-20-14)12-8-16-5-6-17-12/h3-9H,1-2H3. The van der Waals surface area contributed by atoms with Crippen molar-refractivity contribution >= 4 is 11.0 Å². The average Bonchev–Trinajstić information content (AvgIpc) is 3.22. The molecule has 0 amide bonds. The molecule has 0 aliphatic carbocycles. The van der Waals surface area contributed by atoms with Crippen LogP contribution in [0.4, 0.5) is 0 Å². The smallest absolute Gasteiger partial charge is 0.278 e. The second-order valence-corrected chi connectivity index (χ2v) is 5.35. The molecule has 0 bridgehead atoms. The highest BCUT2D eigenvalue weighted by molar-refractivity contribution is 5.80. The normalized spacial score (nSPS) is 11.4. The van der Waals surface area contributed by atoms with E-state index >= 15 is 0 Å². The van der Waals surface area contributed by atoms with Gasteiger partial charge in [0.25, 0.3) is 5.89 Å². The molecule has 0 saturated heterocycles. The molecule has 0 N–H and O–H groups in total. The predicted octanol–water partition coefficient (Wildman–Crippen LogP) is 2.52. The van der Waals surface area contributed by atoms with Crippen LogP contribution in [0.2, 0.25) is 0 Å². The topological polar surface area (TPSA) is 95.4 Å². The Hall–Kier alpha value is -3.16. The second kappa shape index (κ2) is 5.24. The first-order valence-electron chi connectivity index (χ1n) is 7.18. The molecule has 114 valence electrons. The Bertz CT molecular complexity index is 958. The quantitative estimate of drug-likeness (QED) is 0.573. The Morgan fingerprint density at radius 2 is 2.09 bits per heavy atom. The summed E-state index contributed by atoms with van der Waals surface area (Å²) >= 11 is 0. The number of nitrogens with zero attached hydrogens (tertiary/aromatic N) is 7. The minimum atomic E-state index is 0.249. The van der Waals surface area contributed by atoms with Crippen molar-refractivity contribution in [3.63, 3.8) is 0 Å². The molecule has 0 spiro atoms. The number of aromatic nitrogens is 7. The minimum absolute atomic E-state index is 0.249. The maximum absolute atomic E-state index is 5.26. The van der Waals surface area contributed by atoms with E-state index in [0.29, 0.717) is 17.4 Å². The predicted molar refractivity (Wildman–Crippen MR) is 82.2 cm³/mol. The lowest BCUT2D eigenvalue weighted by molar-refractivity contribution is 0.431. The van der Waals surface area contributed by atoms with Crippen LogP contribution in [-0.2, 0) is 0 Å². The van der Waals surface area contributed by atoms with Gasteiger partial charge in [-0.05, 0) is 32.0 Å². The summed E-state index contributed by atoms with van der Waals surface area (Å²) in [6, 6.07) is 6.03. The zero-order valence-corrected chi connectivity index (χ0v) is 12.6. The lowest BCUT2D eigenvalue weighted by atomic mass is 10.2. The number of hydrogen-bond acceptors (Lipinski definition) is 7. The van der Waals surface area contributed by atoms with E-state index in [1.807, 2.05) is 22.9 Å². The minimum Gasteiger partial charge on any atom is -0.332 e. The molecule has 0 aliphatic rings. The van der Waals surface area contributed by atoms with E-state index in [4.69, 9.17) is 4.52 Å². The molecular formula is C15H13N7O. The van der Waals surface area contributed by atoms with Crippen molar-refractivity contribution in [2.24, 2.45) is 0 Å². The van der Waals surface area contributed by atoms with Gasteiger partial charge in [0.05, 0.1) is 11.7 Å². The number of rotatable bonds is 3. The molecule has 23 heavy (non-hydrogen) atoms. The van der Waals surface area contributed by atoms with Crippen molar-refractivity contribution in [1.82, 2.24) is 35.1 Å². The zero-order valence-electron chi connectivity index (χ0n) is 12.6. The molecule has 1 aromatic carbocycles. The third kappa shape index (κ3) is 2.33. The van der Waals surface area contributed by atoms with Gasteiger partial charge in [0.1, 0.15) is 11.2 Å². The summed E-state index contributed by atoms with van der Waals surface area (Å²) in [6.07, 6.45) is 4.75. The van der Waals surface area contributed by atoms with Crippen LogP contribution in [0.1, 0.15) is 19.9 Å². The lowest BCUT2D eigenvalue weighted by Gasteiger charge is -2.04. The van der Waals surface area contributed by atoms with Crippen LogP contribution in [-0.4, -0.2) is 35.1 Å². The zero-order chi connectivity index (χ0) is 15.8. The van der Waals surface area contributed by atoms with Crippen LogP contribution < -0.4 is 0 Å². The lowest BCUT2D eigenvalue weighted by Crippen LogP contribution is -2.02. The molecule has 0 radical (unpaired) electrons. The van der Waals surface area contributed by atoms with Crippen LogP contribution in [0, 0.1) is 0 Å². The van der Waals surface area contributed by atoms with Gasteiger partial charge in [0, 0.05) is 24.0 Å². The summed E-state index contributed by atoms with van der Waals surface area (Å²) in [5, 5.41) is 12.4. The Balaban J connectivity index is 1.74. The van der Waals surface area contributed by atoms with E-state index in [1.165, 1.54) is 0 Å². The molecule has 0 saturated carbocycles. The van der Waals surface area contributed by atoms with Gasteiger partial charge in [-0.3, -0.25) is 4.98 Å². The highest BCUT2D eigenvalue weighted by Gasteiger charge is 2.14. The molecule has 8 heteroatoms. The van der Waals surface area contributed by atoms with E-state index < -0.39 is 0 Å². The maximum Gasteiger partial charge on any atom is 0.278 e. The third-order valence-electron chi connectivity index (χ3n) is 3.43. The van der Waals surface area contributed by atoms with Crippen molar-refractivity contribution in [2.45, 2.75) is 19.9 Å². The number of hydrogen-bond donors (Lipinski definition) is 0. The van der Waals surface area contributed by atoms with Crippen LogP contribution in [0.3, 0.4) is 0 Å². The van der Waals surface area contributed by atoms with Gasteiger partial charge in [-0.15, -0.1) is 5.10 Å². The highest BCUT2D eigenvalue weighted by Crippen LogP contribution is 2.24. The molecule has 0 atom stereocenters. The van der Waals surface area contributed by atoms with Crippen molar-refractivity contribution < 1.29 is 4.52 Å². The molecule has 0 aliphatic heterocycles. The van der Waals surface area contributed by atoms with Gasteiger partial charge in [-0.2, -0.15) is 4.98 Å². The third-order valence-corrected chi connectivity index (χ3v) is 3.43. The summed E-state index contributed by atoms with van der Waals surface area (Å²) in [4.78, 5) is 12.5. The van der Waals surface area contributed by atoms with Crippen molar-refractivity contribution in [2.75, 3.05) is 0 Å². The molecule has 4 rings (SSSR count).